The molecule has 1 aromatic carbocycles. The number of methoxy groups -OCH3 is 1. The summed E-state index contributed by atoms with van der Waals surface area (Å²) in [5.41, 5.74) is 1.82. The van der Waals surface area contributed by atoms with E-state index in [-0.39, 0.29) is 0 Å². The predicted molar refractivity (Wildman–Crippen MR) is 80.6 cm³/mol. The first-order valence-corrected chi connectivity index (χ1v) is 6.95. The van der Waals surface area contributed by atoms with Crippen molar-refractivity contribution < 1.29 is 19.1 Å². The van der Waals surface area contributed by atoms with E-state index in [2.05, 4.69) is 9.72 Å². The highest BCUT2D eigenvalue weighted by atomic mass is 16.5. The summed E-state index contributed by atoms with van der Waals surface area (Å²) in [4.78, 5) is 27.3. The van der Waals surface area contributed by atoms with Gasteiger partial charge in [0, 0.05) is 12.4 Å². The maximum Gasteiger partial charge on any atom is 0.338 e. The summed E-state index contributed by atoms with van der Waals surface area (Å²) in [5.74, 6) is -0.923. The van der Waals surface area contributed by atoms with E-state index in [1.165, 1.54) is 13.2 Å². The summed E-state index contributed by atoms with van der Waals surface area (Å²) in [6.45, 7) is 0.323. The first kappa shape index (κ1) is 15.7. The minimum Gasteiger partial charge on any atom is -0.465 e. The number of carbonyl (C=O) groups is 2. The molecule has 1 heterocycles. The van der Waals surface area contributed by atoms with Gasteiger partial charge in [0.25, 0.3) is 0 Å². The van der Waals surface area contributed by atoms with E-state index in [1.54, 1.807) is 30.6 Å². The molecule has 114 valence electrons. The summed E-state index contributed by atoms with van der Waals surface area (Å²) in [5, 5.41) is 0. The van der Waals surface area contributed by atoms with Crippen molar-refractivity contribution in [3.05, 3.63) is 65.5 Å². The molecule has 5 nitrogen and oxygen atoms in total. The van der Waals surface area contributed by atoms with Crippen molar-refractivity contribution in [2.24, 2.45) is 0 Å². The van der Waals surface area contributed by atoms with Crippen LogP contribution < -0.4 is 0 Å². The van der Waals surface area contributed by atoms with Crippen LogP contribution in [0.25, 0.3) is 0 Å². The van der Waals surface area contributed by atoms with Crippen LogP contribution in [-0.2, 0) is 15.9 Å². The van der Waals surface area contributed by atoms with Crippen LogP contribution in [0.2, 0.25) is 0 Å². The normalized spacial score (nSPS) is 10.0. The molecule has 0 aliphatic carbocycles. The minimum atomic E-state index is -0.479. The zero-order chi connectivity index (χ0) is 15.8. The number of ether oxygens (including phenoxy) is 2. The van der Waals surface area contributed by atoms with Gasteiger partial charge in [-0.15, -0.1) is 0 Å². The van der Waals surface area contributed by atoms with Crippen LogP contribution in [0, 0.1) is 0 Å². The van der Waals surface area contributed by atoms with Gasteiger partial charge in [0.2, 0.25) is 0 Å². The molecule has 22 heavy (non-hydrogen) atoms. The molecule has 0 fully saturated rings. The number of rotatable bonds is 6. The van der Waals surface area contributed by atoms with Crippen LogP contribution in [0.3, 0.4) is 0 Å². The second-order valence-corrected chi connectivity index (χ2v) is 4.67. The minimum absolute atomic E-state index is 0.323. The SMILES string of the molecule is COC(=O)c1cccc(C(=O)OCCCc2ccncc2)c1. The summed E-state index contributed by atoms with van der Waals surface area (Å²) < 4.78 is 9.83. The molecule has 0 atom stereocenters. The van der Waals surface area contributed by atoms with Gasteiger partial charge in [-0.3, -0.25) is 4.98 Å². The van der Waals surface area contributed by atoms with Crippen LogP contribution in [-0.4, -0.2) is 30.6 Å². The van der Waals surface area contributed by atoms with E-state index >= 15 is 0 Å². The zero-order valence-electron chi connectivity index (χ0n) is 12.3. The van der Waals surface area contributed by atoms with Crippen LogP contribution in [0.1, 0.15) is 32.7 Å². The van der Waals surface area contributed by atoms with Crippen LogP contribution >= 0.6 is 0 Å². The Morgan fingerprint density at radius 2 is 1.73 bits per heavy atom. The Kier molecular flexibility index (Phi) is 5.65. The molecule has 0 saturated carbocycles. The van der Waals surface area contributed by atoms with Crippen LogP contribution in [0.5, 0.6) is 0 Å². The molecule has 2 rings (SSSR count). The third kappa shape index (κ3) is 4.41. The van der Waals surface area contributed by atoms with Gasteiger partial charge < -0.3 is 9.47 Å². The third-order valence-electron chi connectivity index (χ3n) is 3.11. The van der Waals surface area contributed by atoms with E-state index in [0.29, 0.717) is 17.7 Å². The van der Waals surface area contributed by atoms with Crippen LogP contribution in [0.15, 0.2) is 48.8 Å². The number of carbonyl (C=O) groups excluding carboxylic acids is 2. The Balaban J connectivity index is 1.83. The number of nitrogens with zero attached hydrogens (tertiary/aromatic N) is 1. The quantitative estimate of drug-likeness (QED) is 0.606. The molecule has 2 aromatic rings. The molecule has 5 heteroatoms. The van der Waals surface area contributed by atoms with Crippen molar-refractivity contribution in [2.45, 2.75) is 12.8 Å². The lowest BCUT2D eigenvalue weighted by atomic mass is 10.1. The van der Waals surface area contributed by atoms with Crippen molar-refractivity contribution in [2.75, 3.05) is 13.7 Å². The van der Waals surface area contributed by atoms with Crippen molar-refractivity contribution in [3.8, 4) is 0 Å². The lowest BCUT2D eigenvalue weighted by molar-refractivity contribution is 0.0500. The van der Waals surface area contributed by atoms with Gasteiger partial charge >= 0.3 is 11.9 Å². The van der Waals surface area contributed by atoms with Gasteiger partial charge in [-0.05, 0) is 48.7 Å². The lowest BCUT2D eigenvalue weighted by Gasteiger charge is -2.06. The number of hydrogen-bond donors (Lipinski definition) is 0. The fourth-order valence-corrected chi connectivity index (χ4v) is 1.96. The number of hydrogen-bond acceptors (Lipinski definition) is 5. The van der Waals surface area contributed by atoms with E-state index in [4.69, 9.17) is 4.74 Å². The average Bonchev–Trinajstić information content (AvgIpc) is 2.59. The highest BCUT2D eigenvalue weighted by molar-refractivity contribution is 5.95. The molecule has 1 aromatic heterocycles. The maximum atomic E-state index is 11.9. The number of aryl methyl sites for hydroxylation is 1. The van der Waals surface area contributed by atoms with Crippen molar-refractivity contribution >= 4 is 11.9 Å². The van der Waals surface area contributed by atoms with Crippen molar-refractivity contribution in [1.82, 2.24) is 4.98 Å². The molecule has 0 aliphatic heterocycles. The predicted octanol–water partition coefficient (Wildman–Crippen LogP) is 2.66. The Morgan fingerprint density at radius 1 is 1.05 bits per heavy atom. The molecule has 0 bridgehead atoms. The largest absolute Gasteiger partial charge is 0.465 e. The van der Waals surface area contributed by atoms with Gasteiger partial charge in [0.05, 0.1) is 24.8 Å². The monoisotopic (exact) mass is 299 g/mol. The van der Waals surface area contributed by atoms with Gasteiger partial charge in [-0.25, -0.2) is 9.59 Å². The summed E-state index contributed by atoms with van der Waals surface area (Å²) in [6.07, 6.45) is 5.02. The first-order chi connectivity index (χ1) is 10.7. The molecule has 0 aliphatic rings. The smallest absolute Gasteiger partial charge is 0.338 e. The average molecular weight is 299 g/mol. The van der Waals surface area contributed by atoms with Gasteiger partial charge in [-0.2, -0.15) is 0 Å². The van der Waals surface area contributed by atoms with Crippen molar-refractivity contribution in [1.29, 1.82) is 0 Å². The fourth-order valence-electron chi connectivity index (χ4n) is 1.96. The molecule has 0 spiro atoms. The molecular weight excluding hydrogens is 282 g/mol. The summed E-state index contributed by atoms with van der Waals surface area (Å²) in [7, 11) is 1.30. The Morgan fingerprint density at radius 3 is 2.41 bits per heavy atom. The second kappa shape index (κ2) is 7.93. The van der Waals surface area contributed by atoms with Gasteiger partial charge in [-0.1, -0.05) is 6.07 Å². The Labute approximate surface area is 128 Å². The third-order valence-corrected chi connectivity index (χ3v) is 3.11. The lowest BCUT2D eigenvalue weighted by Crippen LogP contribution is -2.09. The molecule has 0 radical (unpaired) electrons. The van der Waals surface area contributed by atoms with Crippen LogP contribution in [0.4, 0.5) is 0 Å². The highest BCUT2D eigenvalue weighted by Gasteiger charge is 2.11. The second-order valence-electron chi connectivity index (χ2n) is 4.67. The Hall–Kier alpha value is -2.69. The number of pyridine rings is 1. The van der Waals surface area contributed by atoms with Gasteiger partial charge in [0.1, 0.15) is 0 Å². The van der Waals surface area contributed by atoms with Crippen molar-refractivity contribution in [3.63, 3.8) is 0 Å². The highest BCUT2D eigenvalue weighted by Crippen LogP contribution is 2.09. The molecular formula is C17H17NO4. The maximum absolute atomic E-state index is 11.9. The number of esters is 2. The summed E-state index contributed by atoms with van der Waals surface area (Å²) in [6, 6.07) is 10.2. The molecule has 0 unspecified atom stereocenters. The summed E-state index contributed by atoms with van der Waals surface area (Å²) >= 11 is 0. The van der Waals surface area contributed by atoms with E-state index in [9.17, 15) is 9.59 Å². The standard InChI is InChI=1S/C17H17NO4/c1-21-16(19)14-5-2-6-15(12-14)17(20)22-11-3-4-13-7-9-18-10-8-13/h2,5-10,12H,3-4,11H2,1H3. The van der Waals surface area contributed by atoms with Gasteiger partial charge in [0.15, 0.2) is 0 Å². The van der Waals surface area contributed by atoms with E-state index in [1.807, 2.05) is 12.1 Å². The number of benzene rings is 1. The van der Waals surface area contributed by atoms with E-state index in [0.717, 1.165) is 18.4 Å². The zero-order valence-corrected chi connectivity index (χ0v) is 12.3. The van der Waals surface area contributed by atoms with E-state index < -0.39 is 11.9 Å². The molecule has 0 amide bonds. The first-order valence-electron chi connectivity index (χ1n) is 6.95. The molecule has 0 N–H and O–H groups in total. The molecule has 0 saturated heterocycles. The number of aromatic nitrogens is 1. The Bertz CT molecular complexity index is 640. The fraction of sp³-hybridized carbons (Fsp3) is 0.235. The topological polar surface area (TPSA) is 65.5 Å².